The van der Waals surface area contributed by atoms with Gasteiger partial charge in [-0.25, -0.2) is 9.07 Å². The molecule has 9 nitrogen and oxygen atoms in total. The molecule has 0 fully saturated rings. The zero-order valence-electron chi connectivity index (χ0n) is 16.7. The third kappa shape index (κ3) is 5.35. The average Bonchev–Trinajstić information content (AvgIpc) is 2.97. The Balaban J connectivity index is 1.32. The first-order chi connectivity index (χ1) is 15.5. The minimum absolute atomic E-state index is 0.0267. The van der Waals surface area contributed by atoms with Crippen LogP contribution in [0.15, 0.2) is 41.6 Å². The van der Waals surface area contributed by atoms with E-state index >= 15 is 0 Å². The molecule has 0 saturated carbocycles. The lowest BCUT2D eigenvalue weighted by atomic mass is 10.2. The zero-order valence-corrected chi connectivity index (χ0v) is 18.3. The summed E-state index contributed by atoms with van der Waals surface area (Å²) in [4.78, 5) is 12.4. The van der Waals surface area contributed by atoms with Gasteiger partial charge in [0.15, 0.2) is 17.3 Å². The van der Waals surface area contributed by atoms with E-state index in [1.165, 1.54) is 28.9 Å². The van der Waals surface area contributed by atoms with Crippen LogP contribution in [-0.2, 0) is 11.4 Å². The fraction of sp³-hybridized carbons (Fsp3) is 0.250. The quantitative estimate of drug-likeness (QED) is 0.392. The maximum Gasteiger partial charge on any atom is 0.234 e. The van der Waals surface area contributed by atoms with Crippen LogP contribution >= 0.6 is 23.4 Å². The smallest absolute Gasteiger partial charge is 0.234 e. The van der Waals surface area contributed by atoms with Crippen molar-refractivity contribution in [1.29, 1.82) is 0 Å². The lowest BCUT2D eigenvalue weighted by Crippen LogP contribution is -2.18. The molecular formula is C20H19ClFN5O4S. The molecule has 0 spiro atoms. The van der Waals surface area contributed by atoms with Gasteiger partial charge in [-0.3, -0.25) is 4.79 Å². The van der Waals surface area contributed by atoms with E-state index in [1.807, 2.05) is 0 Å². The molecule has 1 aliphatic rings. The summed E-state index contributed by atoms with van der Waals surface area (Å²) in [5.41, 5.74) is 0.420. The Hall–Kier alpha value is -3.18. The number of amides is 1. The van der Waals surface area contributed by atoms with Gasteiger partial charge >= 0.3 is 0 Å². The summed E-state index contributed by atoms with van der Waals surface area (Å²) >= 11 is 7.36. The lowest BCUT2D eigenvalue weighted by Gasteiger charge is -2.12. The van der Waals surface area contributed by atoms with E-state index in [9.17, 15) is 9.18 Å². The number of ether oxygens (including phenoxy) is 3. The van der Waals surface area contributed by atoms with Gasteiger partial charge < -0.3 is 25.4 Å². The van der Waals surface area contributed by atoms with Crippen molar-refractivity contribution in [3.05, 3.63) is 53.1 Å². The molecule has 0 saturated heterocycles. The highest BCUT2D eigenvalue weighted by Gasteiger charge is 2.17. The standard InChI is InChI=1S/C20H19ClFN5O4S/c21-14-8-16-17(30-7-1-6-29-16)9-15(14)24-19(28)11-32-20-26-25-18(27(20)23)10-31-13-4-2-12(22)3-5-13/h2-5,8-9H,1,6-7,10-11,23H2,(H,24,28). The number of hydrogen-bond donors (Lipinski definition) is 2. The molecule has 2 aromatic carbocycles. The molecule has 3 N–H and O–H groups in total. The lowest BCUT2D eigenvalue weighted by molar-refractivity contribution is -0.113. The van der Waals surface area contributed by atoms with Gasteiger partial charge in [0.05, 0.1) is 29.7 Å². The Morgan fingerprint density at radius 3 is 2.69 bits per heavy atom. The van der Waals surface area contributed by atoms with Crippen LogP contribution in [0.5, 0.6) is 17.2 Å². The number of nitrogen functional groups attached to an aromatic ring is 1. The first kappa shape index (κ1) is 22.0. The Morgan fingerprint density at radius 2 is 1.94 bits per heavy atom. The minimum atomic E-state index is -0.357. The van der Waals surface area contributed by atoms with Crippen molar-refractivity contribution in [3.8, 4) is 17.2 Å². The molecule has 1 aliphatic heterocycles. The predicted molar refractivity (Wildman–Crippen MR) is 117 cm³/mol. The van der Waals surface area contributed by atoms with E-state index in [4.69, 9.17) is 31.7 Å². The van der Waals surface area contributed by atoms with Gasteiger partial charge in [-0.15, -0.1) is 10.2 Å². The third-order valence-corrected chi connectivity index (χ3v) is 5.62. The number of nitrogens with one attached hydrogen (secondary N) is 1. The van der Waals surface area contributed by atoms with Gasteiger partial charge in [0.1, 0.15) is 18.2 Å². The summed E-state index contributed by atoms with van der Waals surface area (Å²) in [6, 6.07) is 8.83. The van der Waals surface area contributed by atoms with Crippen LogP contribution in [0, 0.1) is 5.82 Å². The maximum absolute atomic E-state index is 13.0. The van der Waals surface area contributed by atoms with Crippen molar-refractivity contribution >= 4 is 35.0 Å². The third-order valence-electron chi connectivity index (χ3n) is 4.36. The molecule has 4 rings (SSSR count). The van der Waals surface area contributed by atoms with E-state index in [-0.39, 0.29) is 24.1 Å². The van der Waals surface area contributed by atoms with E-state index in [0.29, 0.717) is 52.2 Å². The molecule has 3 aromatic rings. The molecule has 168 valence electrons. The Kier molecular flexibility index (Phi) is 6.86. The highest BCUT2D eigenvalue weighted by molar-refractivity contribution is 7.99. The summed E-state index contributed by atoms with van der Waals surface area (Å²) in [6.45, 7) is 1.11. The highest BCUT2D eigenvalue weighted by atomic mass is 35.5. The number of nitrogens with zero attached hydrogens (tertiary/aromatic N) is 3. The second-order valence-corrected chi connectivity index (χ2v) is 8.03. The van der Waals surface area contributed by atoms with Gasteiger partial charge in [0.2, 0.25) is 11.1 Å². The summed E-state index contributed by atoms with van der Waals surface area (Å²) in [6.07, 6.45) is 0.765. The van der Waals surface area contributed by atoms with Crippen molar-refractivity contribution in [2.75, 3.05) is 30.1 Å². The molecule has 0 bridgehead atoms. The molecule has 1 amide bonds. The molecule has 0 radical (unpaired) electrons. The average molecular weight is 480 g/mol. The number of nitrogens with two attached hydrogens (primary N) is 1. The van der Waals surface area contributed by atoms with Gasteiger partial charge in [0, 0.05) is 18.6 Å². The second-order valence-electron chi connectivity index (χ2n) is 6.68. The van der Waals surface area contributed by atoms with Gasteiger partial charge in [0.25, 0.3) is 0 Å². The van der Waals surface area contributed by atoms with Crippen LogP contribution in [0.25, 0.3) is 0 Å². The summed E-state index contributed by atoms with van der Waals surface area (Å²) < 4.78 is 30.9. The van der Waals surface area contributed by atoms with Crippen LogP contribution in [0.3, 0.4) is 0 Å². The van der Waals surface area contributed by atoms with E-state index in [1.54, 1.807) is 12.1 Å². The number of rotatable bonds is 7. The van der Waals surface area contributed by atoms with Crippen molar-refractivity contribution < 1.29 is 23.4 Å². The normalized spacial score (nSPS) is 12.8. The zero-order chi connectivity index (χ0) is 22.5. The number of benzene rings is 2. The maximum atomic E-state index is 13.0. The molecule has 2 heterocycles. The fourth-order valence-electron chi connectivity index (χ4n) is 2.78. The van der Waals surface area contributed by atoms with Crippen molar-refractivity contribution in [2.24, 2.45) is 0 Å². The Labute approximate surface area is 192 Å². The van der Waals surface area contributed by atoms with Crippen molar-refractivity contribution in [3.63, 3.8) is 0 Å². The minimum Gasteiger partial charge on any atom is -0.490 e. The monoisotopic (exact) mass is 479 g/mol. The van der Waals surface area contributed by atoms with Crippen molar-refractivity contribution in [1.82, 2.24) is 14.9 Å². The van der Waals surface area contributed by atoms with Crippen LogP contribution in [0.1, 0.15) is 12.2 Å². The number of halogens is 2. The molecule has 0 atom stereocenters. The topological polar surface area (TPSA) is 114 Å². The van der Waals surface area contributed by atoms with Crippen molar-refractivity contribution in [2.45, 2.75) is 18.2 Å². The van der Waals surface area contributed by atoms with Crippen LogP contribution in [-0.4, -0.2) is 39.7 Å². The summed E-state index contributed by atoms with van der Waals surface area (Å²) in [7, 11) is 0. The number of anilines is 1. The number of thioether (sulfide) groups is 1. The van der Waals surface area contributed by atoms with Gasteiger partial charge in [-0.2, -0.15) is 0 Å². The molecule has 1 aromatic heterocycles. The predicted octanol–water partition coefficient (Wildman–Crippen LogP) is 3.26. The number of aromatic nitrogens is 3. The van der Waals surface area contributed by atoms with Gasteiger partial charge in [-0.1, -0.05) is 23.4 Å². The fourth-order valence-corrected chi connectivity index (χ4v) is 3.66. The van der Waals surface area contributed by atoms with E-state index in [2.05, 4.69) is 15.5 Å². The first-order valence-corrected chi connectivity index (χ1v) is 11.0. The Morgan fingerprint density at radius 1 is 1.22 bits per heavy atom. The number of carbonyl (C=O) groups excluding carboxylic acids is 1. The van der Waals surface area contributed by atoms with Crippen LogP contribution in [0.4, 0.5) is 10.1 Å². The second kappa shape index (κ2) is 9.96. The van der Waals surface area contributed by atoms with E-state index < -0.39 is 0 Å². The number of fused-ring (bicyclic) bond motifs is 1. The molecule has 12 heteroatoms. The number of carbonyl (C=O) groups is 1. The Bertz CT molecular complexity index is 1110. The first-order valence-electron chi connectivity index (χ1n) is 9.59. The molecule has 32 heavy (non-hydrogen) atoms. The number of hydrogen-bond acceptors (Lipinski definition) is 8. The molecule has 0 aliphatic carbocycles. The van der Waals surface area contributed by atoms with Crippen LogP contribution < -0.4 is 25.4 Å². The van der Waals surface area contributed by atoms with Gasteiger partial charge in [-0.05, 0) is 24.3 Å². The summed E-state index contributed by atoms with van der Waals surface area (Å²) in [5, 5.41) is 11.4. The molecular weight excluding hydrogens is 461 g/mol. The van der Waals surface area contributed by atoms with E-state index in [0.717, 1.165) is 18.2 Å². The van der Waals surface area contributed by atoms with Crippen LogP contribution in [0.2, 0.25) is 5.02 Å². The largest absolute Gasteiger partial charge is 0.490 e. The summed E-state index contributed by atoms with van der Waals surface area (Å²) in [5.74, 6) is 7.25. The SMILES string of the molecule is Nn1c(COc2ccc(F)cc2)nnc1SCC(=O)Nc1cc2c(cc1Cl)OCCCO2. The highest BCUT2D eigenvalue weighted by Crippen LogP contribution is 2.37. The molecule has 0 unspecified atom stereocenters.